The summed E-state index contributed by atoms with van der Waals surface area (Å²) in [5.74, 6) is 0. The third-order valence-corrected chi connectivity index (χ3v) is 2.85. The summed E-state index contributed by atoms with van der Waals surface area (Å²) < 4.78 is 5.16. The van der Waals surface area contributed by atoms with E-state index in [4.69, 9.17) is 4.74 Å². The summed E-state index contributed by atoms with van der Waals surface area (Å²) in [6.07, 6.45) is 4.55. The van der Waals surface area contributed by atoms with Crippen molar-refractivity contribution in [1.29, 1.82) is 0 Å². The number of nitrogens with zero attached hydrogens (tertiary/aromatic N) is 1. The van der Waals surface area contributed by atoms with Gasteiger partial charge in [-0.2, -0.15) is 0 Å². The minimum atomic E-state index is -0.378. The Hall–Kier alpha value is -1.84. The van der Waals surface area contributed by atoms with Crippen LogP contribution in [0.15, 0.2) is 35.3 Å². The Kier molecular flexibility index (Phi) is 4.76. The van der Waals surface area contributed by atoms with Crippen molar-refractivity contribution in [3.8, 4) is 0 Å². The molecule has 0 radical (unpaired) electrons. The first-order chi connectivity index (χ1) is 8.84. The van der Waals surface area contributed by atoms with Crippen molar-refractivity contribution in [2.45, 2.75) is 31.9 Å². The second-order valence-electron chi connectivity index (χ2n) is 4.36. The lowest BCUT2D eigenvalue weighted by Gasteiger charge is -2.12. The maximum Gasteiger partial charge on any atom is 0.407 e. The van der Waals surface area contributed by atoms with E-state index in [0.717, 1.165) is 31.4 Å². The molecule has 18 heavy (non-hydrogen) atoms. The van der Waals surface area contributed by atoms with E-state index < -0.39 is 0 Å². The fraction of sp³-hybridized carbons (Fsp3) is 0.429. The highest BCUT2D eigenvalue weighted by Gasteiger charge is 2.12. The number of ether oxygens (including phenoxy) is 1. The average molecular weight is 246 g/mol. The van der Waals surface area contributed by atoms with Gasteiger partial charge in [0.25, 0.3) is 0 Å². The van der Waals surface area contributed by atoms with Crippen molar-refractivity contribution in [2.24, 2.45) is 4.99 Å². The molecule has 4 nitrogen and oxygen atoms in total. The second-order valence-corrected chi connectivity index (χ2v) is 4.36. The maximum absolute atomic E-state index is 11.6. The SMILES string of the molecule is O=C(NC1C=NCCCC1)OCc1ccccc1. The third-order valence-electron chi connectivity index (χ3n) is 2.85. The van der Waals surface area contributed by atoms with Crippen LogP contribution in [0, 0.1) is 0 Å². The first kappa shape index (κ1) is 12.6. The van der Waals surface area contributed by atoms with Gasteiger partial charge in [0, 0.05) is 12.8 Å². The monoisotopic (exact) mass is 246 g/mol. The molecule has 0 spiro atoms. The molecule has 0 saturated carbocycles. The molecule has 1 heterocycles. The van der Waals surface area contributed by atoms with Gasteiger partial charge in [0.15, 0.2) is 0 Å². The van der Waals surface area contributed by atoms with Gasteiger partial charge in [-0.3, -0.25) is 4.99 Å². The molecule has 1 atom stereocenters. The summed E-state index contributed by atoms with van der Waals surface area (Å²) in [6, 6.07) is 9.66. The van der Waals surface area contributed by atoms with Crippen LogP contribution < -0.4 is 5.32 Å². The number of alkyl carbamates (subject to hydrolysis) is 1. The molecule has 4 heteroatoms. The topological polar surface area (TPSA) is 50.7 Å². The van der Waals surface area contributed by atoms with E-state index in [1.807, 2.05) is 36.5 Å². The van der Waals surface area contributed by atoms with Crippen LogP contribution in [0.2, 0.25) is 0 Å². The molecule has 0 aliphatic carbocycles. The molecular weight excluding hydrogens is 228 g/mol. The third kappa shape index (κ3) is 4.20. The number of benzene rings is 1. The molecule has 1 amide bonds. The lowest BCUT2D eigenvalue weighted by atomic mass is 10.1. The van der Waals surface area contributed by atoms with Crippen LogP contribution >= 0.6 is 0 Å². The molecule has 1 unspecified atom stereocenters. The molecular formula is C14H18N2O2. The van der Waals surface area contributed by atoms with Crippen molar-refractivity contribution >= 4 is 12.3 Å². The summed E-state index contributed by atoms with van der Waals surface area (Å²) >= 11 is 0. The Morgan fingerprint density at radius 1 is 1.33 bits per heavy atom. The highest BCUT2D eigenvalue weighted by Crippen LogP contribution is 2.05. The van der Waals surface area contributed by atoms with Crippen molar-refractivity contribution in [2.75, 3.05) is 6.54 Å². The second kappa shape index (κ2) is 6.79. The minimum absolute atomic E-state index is 0.00998. The fourth-order valence-corrected chi connectivity index (χ4v) is 1.87. The van der Waals surface area contributed by atoms with Gasteiger partial charge >= 0.3 is 6.09 Å². The number of amides is 1. The van der Waals surface area contributed by atoms with E-state index in [1.54, 1.807) is 0 Å². The predicted molar refractivity (Wildman–Crippen MR) is 70.8 cm³/mol. The largest absolute Gasteiger partial charge is 0.445 e. The standard InChI is InChI=1S/C14H18N2O2/c17-14(16-13-8-4-5-9-15-10-13)18-11-12-6-2-1-3-7-12/h1-3,6-7,10,13H,4-5,8-9,11H2,(H,16,17). The fourth-order valence-electron chi connectivity index (χ4n) is 1.87. The van der Waals surface area contributed by atoms with Crippen LogP contribution in [0.4, 0.5) is 4.79 Å². The Balaban J connectivity index is 1.75. The summed E-state index contributed by atoms with van der Waals surface area (Å²) in [5.41, 5.74) is 0.988. The van der Waals surface area contributed by atoms with E-state index >= 15 is 0 Å². The quantitative estimate of drug-likeness (QED) is 0.891. The lowest BCUT2D eigenvalue weighted by molar-refractivity contribution is 0.138. The molecule has 0 aromatic heterocycles. The van der Waals surface area contributed by atoms with Gasteiger partial charge in [0.05, 0.1) is 6.04 Å². The summed E-state index contributed by atoms with van der Waals surface area (Å²) in [7, 11) is 0. The Morgan fingerprint density at radius 2 is 2.17 bits per heavy atom. The van der Waals surface area contributed by atoms with E-state index in [0.29, 0.717) is 6.61 Å². The highest BCUT2D eigenvalue weighted by molar-refractivity contribution is 5.75. The van der Waals surface area contributed by atoms with E-state index in [-0.39, 0.29) is 12.1 Å². The summed E-state index contributed by atoms with van der Waals surface area (Å²) in [4.78, 5) is 15.8. The van der Waals surface area contributed by atoms with Crippen LogP contribution in [0.5, 0.6) is 0 Å². The van der Waals surface area contributed by atoms with Gasteiger partial charge in [0.2, 0.25) is 0 Å². The minimum Gasteiger partial charge on any atom is -0.445 e. The summed E-state index contributed by atoms with van der Waals surface area (Å²) in [6.45, 7) is 1.16. The van der Waals surface area contributed by atoms with Crippen molar-refractivity contribution < 1.29 is 9.53 Å². The molecule has 0 saturated heterocycles. The van der Waals surface area contributed by atoms with Crippen LogP contribution in [-0.4, -0.2) is 24.9 Å². The van der Waals surface area contributed by atoms with Crippen LogP contribution in [0.25, 0.3) is 0 Å². The molecule has 0 fully saturated rings. The molecule has 0 bridgehead atoms. The first-order valence-electron chi connectivity index (χ1n) is 6.32. The normalized spacial score (nSPS) is 19.0. The highest BCUT2D eigenvalue weighted by atomic mass is 16.5. The number of hydrogen-bond donors (Lipinski definition) is 1. The molecule has 2 rings (SSSR count). The zero-order valence-corrected chi connectivity index (χ0v) is 10.3. The maximum atomic E-state index is 11.6. The van der Waals surface area contributed by atoms with Crippen molar-refractivity contribution in [3.05, 3.63) is 35.9 Å². The zero-order chi connectivity index (χ0) is 12.6. The number of nitrogens with one attached hydrogen (secondary N) is 1. The summed E-state index contributed by atoms with van der Waals surface area (Å²) in [5, 5.41) is 2.82. The lowest BCUT2D eigenvalue weighted by Crippen LogP contribution is -2.36. The van der Waals surface area contributed by atoms with Crippen molar-refractivity contribution in [1.82, 2.24) is 5.32 Å². The molecule has 1 aliphatic rings. The molecule has 1 aliphatic heterocycles. The van der Waals surface area contributed by atoms with Crippen LogP contribution in [-0.2, 0) is 11.3 Å². The van der Waals surface area contributed by atoms with E-state index in [2.05, 4.69) is 10.3 Å². The number of rotatable bonds is 3. The average Bonchev–Trinajstić information content (AvgIpc) is 2.66. The van der Waals surface area contributed by atoms with Gasteiger partial charge in [0.1, 0.15) is 6.61 Å². The number of hydrogen-bond acceptors (Lipinski definition) is 3. The molecule has 1 aromatic carbocycles. The van der Waals surface area contributed by atoms with Crippen LogP contribution in [0.3, 0.4) is 0 Å². The first-order valence-corrected chi connectivity index (χ1v) is 6.32. The van der Waals surface area contributed by atoms with Crippen LogP contribution in [0.1, 0.15) is 24.8 Å². The molecule has 1 N–H and O–H groups in total. The smallest absolute Gasteiger partial charge is 0.407 e. The molecule has 1 aromatic rings. The van der Waals surface area contributed by atoms with Gasteiger partial charge in [-0.1, -0.05) is 30.3 Å². The van der Waals surface area contributed by atoms with Gasteiger partial charge in [-0.15, -0.1) is 0 Å². The van der Waals surface area contributed by atoms with E-state index in [1.165, 1.54) is 0 Å². The molecule has 96 valence electrons. The Bertz CT molecular complexity index is 404. The van der Waals surface area contributed by atoms with Crippen molar-refractivity contribution in [3.63, 3.8) is 0 Å². The number of aliphatic imine (C=N–C) groups is 1. The van der Waals surface area contributed by atoms with E-state index in [9.17, 15) is 4.79 Å². The number of carbonyl (C=O) groups is 1. The Morgan fingerprint density at radius 3 is 3.00 bits per heavy atom. The Labute approximate surface area is 107 Å². The zero-order valence-electron chi connectivity index (χ0n) is 10.3. The van der Waals surface area contributed by atoms with Gasteiger partial charge in [-0.05, 0) is 24.8 Å². The number of carbonyl (C=O) groups excluding carboxylic acids is 1. The van der Waals surface area contributed by atoms with Gasteiger partial charge < -0.3 is 10.1 Å². The predicted octanol–water partition coefficient (Wildman–Crippen LogP) is 2.54. The van der Waals surface area contributed by atoms with Gasteiger partial charge in [-0.25, -0.2) is 4.79 Å².